The van der Waals surface area contributed by atoms with Crippen LogP contribution in [0.25, 0.3) is 0 Å². The Morgan fingerprint density at radius 3 is 2.31 bits per heavy atom. The minimum atomic E-state index is 0.0366. The van der Waals surface area contributed by atoms with E-state index in [9.17, 15) is 4.79 Å². The second-order valence-corrected chi connectivity index (χ2v) is 3.87. The van der Waals surface area contributed by atoms with Crippen LogP contribution < -0.4 is 0 Å². The molecule has 0 spiro atoms. The van der Waals surface area contributed by atoms with Crippen molar-refractivity contribution in [3.8, 4) is 0 Å². The average Bonchev–Trinajstić information content (AvgIpc) is 2.12. The van der Waals surface area contributed by atoms with E-state index in [0.29, 0.717) is 0 Å². The molecule has 1 heterocycles. The maximum Gasteiger partial charge on any atom is 0.313 e. The van der Waals surface area contributed by atoms with Crippen LogP contribution in [0.3, 0.4) is 0 Å². The summed E-state index contributed by atoms with van der Waals surface area (Å²) in [5, 5.41) is 0. The smallest absolute Gasteiger partial charge is 0.313 e. The third-order valence-electron chi connectivity index (χ3n) is 2.73. The van der Waals surface area contributed by atoms with Crippen molar-refractivity contribution < 1.29 is 9.53 Å². The standard InChI is InChI=1S/C11H20O2/c1-3-5-7-9-10(8-6-4-2)13-11(9)12/h9-10H,3-8H2,1-2H3/t9-,10-/m1/s1. The first-order valence-electron chi connectivity index (χ1n) is 5.50. The molecule has 2 atom stereocenters. The van der Waals surface area contributed by atoms with Gasteiger partial charge in [0, 0.05) is 0 Å². The van der Waals surface area contributed by atoms with Crippen LogP contribution in [0.4, 0.5) is 0 Å². The lowest BCUT2D eigenvalue weighted by molar-refractivity contribution is -0.186. The highest BCUT2D eigenvalue weighted by Crippen LogP contribution is 2.30. The molecule has 0 aromatic heterocycles. The lowest BCUT2D eigenvalue weighted by Crippen LogP contribution is -2.44. The van der Waals surface area contributed by atoms with Crippen LogP contribution in [-0.2, 0) is 9.53 Å². The predicted octanol–water partition coefficient (Wildman–Crippen LogP) is 2.91. The van der Waals surface area contributed by atoms with Gasteiger partial charge in [0.05, 0.1) is 5.92 Å². The van der Waals surface area contributed by atoms with E-state index in [1.807, 2.05) is 0 Å². The summed E-state index contributed by atoms with van der Waals surface area (Å²) in [6, 6.07) is 0. The largest absolute Gasteiger partial charge is 0.461 e. The van der Waals surface area contributed by atoms with E-state index in [2.05, 4.69) is 13.8 Å². The second kappa shape index (κ2) is 5.25. The Kier molecular flexibility index (Phi) is 4.26. The van der Waals surface area contributed by atoms with Gasteiger partial charge < -0.3 is 4.74 Å². The van der Waals surface area contributed by atoms with Crippen molar-refractivity contribution in [3.05, 3.63) is 0 Å². The molecular formula is C11H20O2. The molecule has 0 unspecified atom stereocenters. The number of carbonyl (C=O) groups is 1. The third kappa shape index (κ3) is 2.71. The van der Waals surface area contributed by atoms with Crippen molar-refractivity contribution in [3.63, 3.8) is 0 Å². The number of cyclic esters (lactones) is 1. The van der Waals surface area contributed by atoms with Gasteiger partial charge in [-0.2, -0.15) is 0 Å². The molecule has 0 N–H and O–H groups in total. The first-order valence-corrected chi connectivity index (χ1v) is 5.50. The van der Waals surface area contributed by atoms with E-state index in [0.717, 1.165) is 19.3 Å². The first kappa shape index (κ1) is 10.6. The maximum atomic E-state index is 11.1. The van der Waals surface area contributed by atoms with Crippen molar-refractivity contribution >= 4 is 5.97 Å². The molecule has 0 bridgehead atoms. The molecule has 2 nitrogen and oxygen atoms in total. The Hall–Kier alpha value is -0.530. The minimum Gasteiger partial charge on any atom is -0.461 e. The van der Waals surface area contributed by atoms with Gasteiger partial charge >= 0.3 is 5.97 Å². The summed E-state index contributed by atoms with van der Waals surface area (Å²) in [6.45, 7) is 4.33. The number of carbonyl (C=O) groups excluding carboxylic acids is 1. The zero-order valence-electron chi connectivity index (χ0n) is 8.71. The molecule has 1 saturated heterocycles. The molecule has 1 aliphatic rings. The monoisotopic (exact) mass is 184 g/mol. The molecule has 13 heavy (non-hydrogen) atoms. The van der Waals surface area contributed by atoms with Crippen LogP contribution >= 0.6 is 0 Å². The third-order valence-corrected chi connectivity index (χ3v) is 2.73. The van der Waals surface area contributed by atoms with Gasteiger partial charge in [0.2, 0.25) is 0 Å². The summed E-state index contributed by atoms with van der Waals surface area (Å²) in [7, 11) is 0. The Bertz CT molecular complexity index is 165. The van der Waals surface area contributed by atoms with E-state index in [1.165, 1.54) is 19.3 Å². The number of rotatable bonds is 6. The molecule has 1 fully saturated rings. The van der Waals surface area contributed by atoms with Gasteiger partial charge in [-0.1, -0.05) is 39.5 Å². The topological polar surface area (TPSA) is 26.3 Å². The van der Waals surface area contributed by atoms with E-state index >= 15 is 0 Å². The lowest BCUT2D eigenvalue weighted by Gasteiger charge is -2.35. The SMILES string of the molecule is CCCC[C@H]1OC(=O)[C@@H]1CCCC. The number of unbranched alkanes of at least 4 members (excludes halogenated alkanes) is 2. The second-order valence-electron chi connectivity index (χ2n) is 3.87. The Labute approximate surface area is 80.7 Å². The molecule has 0 radical (unpaired) electrons. The molecule has 0 amide bonds. The minimum absolute atomic E-state index is 0.0366. The lowest BCUT2D eigenvalue weighted by atomic mass is 9.88. The molecule has 1 aliphatic heterocycles. The summed E-state index contributed by atoms with van der Waals surface area (Å²) < 4.78 is 5.11. The highest BCUT2D eigenvalue weighted by Gasteiger charge is 2.40. The fourth-order valence-electron chi connectivity index (χ4n) is 1.79. The van der Waals surface area contributed by atoms with Gasteiger partial charge in [0.25, 0.3) is 0 Å². The van der Waals surface area contributed by atoms with Crippen molar-refractivity contribution in [2.75, 3.05) is 0 Å². The van der Waals surface area contributed by atoms with Gasteiger partial charge in [0.1, 0.15) is 6.10 Å². The molecular weight excluding hydrogens is 164 g/mol. The van der Waals surface area contributed by atoms with Gasteiger partial charge in [-0.3, -0.25) is 4.79 Å². The van der Waals surface area contributed by atoms with Crippen molar-refractivity contribution in [1.29, 1.82) is 0 Å². The first-order chi connectivity index (χ1) is 6.29. The van der Waals surface area contributed by atoms with E-state index in [4.69, 9.17) is 4.74 Å². The van der Waals surface area contributed by atoms with Gasteiger partial charge in [-0.05, 0) is 12.8 Å². The summed E-state index contributed by atoms with van der Waals surface area (Å²) >= 11 is 0. The van der Waals surface area contributed by atoms with E-state index < -0.39 is 0 Å². The zero-order chi connectivity index (χ0) is 9.68. The van der Waals surface area contributed by atoms with E-state index in [1.54, 1.807) is 0 Å². The van der Waals surface area contributed by atoms with Crippen LogP contribution in [0.5, 0.6) is 0 Å². The molecule has 76 valence electrons. The molecule has 0 aliphatic carbocycles. The normalized spacial score (nSPS) is 26.8. The van der Waals surface area contributed by atoms with Gasteiger partial charge in [-0.15, -0.1) is 0 Å². The summed E-state index contributed by atoms with van der Waals surface area (Å²) in [4.78, 5) is 11.1. The van der Waals surface area contributed by atoms with E-state index in [-0.39, 0.29) is 18.0 Å². The summed E-state index contributed by atoms with van der Waals surface area (Å²) in [5.41, 5.74) is 0. The van der Waals surface area contributed by atoms with Crippen LogP contribution in [0.2, 0.25) is 0 Å². The van der Waals surface area contributed by atoms with Crippen LogP contribution in [0, 0.1) is 5.92 Å². The quantitative estimate of drug-likeness (QED) is 0.593. The Balaban J connectivity index is 2.20. The molecule has 0 aromatic rings. The van der Waals surface area contributed by atoms with Crippen LogP contribution in [0.15, 0.2) is 0 Å². The Morgan fingerprint density at radius 1 is 1.15 bits per heavy atom. The fraction of sp³-hybridized carbons (Fsp3) is 0.909. The summed E-state index contributed by atoms with van der Waals surface area (Å²) in [6.07, 6.45) is 7.04. The highest BCUT2D eigenvalue weighted by molar-refractivity contribution is 5.78. The fourth-order valence-corrected chi connectivity index (χ4v) is 1.79. The molecule has 2 heteroatoms. The van der Waals surface area contributed by atoms with Crippen LogP contribution in [0.1, 0.15) is 52.4 Å². The average molecular weight is 184 g/mol. The predicted molar refractivity (Wildman–Crippen MR) is 52.4 cm³/mol. The van der Waals surface area contributed by atoms with Gasteiger partial charge in [0.15, 0.2) is 0 Å². The number of hydrogen-bond donors (Lipinski definition) is 0. The molecule has 1 rings (SSSR count). The van der Waals surface area contributed by atoms with Crippen molar-refractivity contribution in [1.82, 2.24) is 0 Å². The van der Waals surface area contributed by atoms with Crippen molar-refractivity contribution in [2.45, 2.75) is 58.5 Å². The Morgan fingerprint density at radius 2 is 1.77 bits per heavy atom. The zero-order valence-corrected chi connectivity index (χ0v) is 8.71. The number of esters is 1. The highest BCUT2D eigenvalue weighted by atomic mass is 16.6. The number of hydrogen-bond acceptors (Lipinski definition) is 2. The van der Waals surface area contributed by atoms with Crippen molar-refractivity contribution in [2.24, 2.45) is 5.92 Å². The number of ether oxygens (including phenoxy) is 1. The molecule has 0 aromatic carbocycles. The van der Waals surface area contributed by atoms with Gasteiger partial charge in [-0.25, -0.2) is 0 Å². The maximum absolute atomic E-state index is 11.1. The molecule has 0 saturated carbocycles. The summed E-state index contributed by atoms with van der Waals surface area (Å²) in [5.74, 6) is 0.265. The van der Waals surface area contributed by atoms with Crippen LogP contribution in [-0.4, -0.2) is 12.1 Å².